The second-order valence-electron chi connectivity index (χ2n) is 9.11. The number of benzene rings is 1. The lowest BCUT2D eigenvalue weighted by atomic mass is 9.70. The summed E-state index contributed by atoms with van der Waals surface area (Å²) in [5.74, 6) is -1.15. The molecule has 7 nitrogen and oxygen atoms in total. The zero-order chi connectivity index (χ0) is 21.1. The van der Waals surface area contributed by atoms with Gasteiger partial charge in [0, 0.05) is 22.6 Å². The van der Waals surface area contributed by atoms with Crippen molar-refractivity contribution in [3.05, 3.63) is 39.5 Å². The van der Waals surface area contributed by atoms with E-state index in [1.807, 2.05) is 6.92 Å². The Morgan fingerprint density at radius 2 is 1.73 bits per heavy atom. The Bertz CT molecular complexity index is 1080. The van der Waals surface area contributed by atoms with Crippen molar-refractivity contribution in [1.82, 2.24) is 0 Å². The number of Topliss-reactive ketones (excluding diaryl/α,β-unsaturated/α-hetero) is 2. The fraction of sp³-hybridized carbons (Fsp3) is 0.522. The van der Waals surface area contributed by atoms with E-state index in [-0.39, 0.29) is 64.3 Å². The maximum Gasteiger partial charge on any atom is 0.309 e. The van der Waals surface area contributed by atoms with Gasteiger partial charge in [-0.1, -0.05) is 6.92 Å². The SMILES string of the molecule is C[C@@H]1C2Cc3cc4c(c(O)c3C1[C@@H](C)O2)C(=O)C1=C(C4=O)C2OC(=O)C[C@@H]2O[C@H]1C. The molecule has 3 heterocycles. The largest absolute Gasteiger partial charge is 0.507 e. The highest BCUT2D eigenvalue weighted by atomic mass is 16.6. The first kappa shape index (κ1) is 18.3. The summed E-state index contributed by atoms with van der Waals surface area (Å²) in [4.78, 5) is 38.9. The summed E-state index contributed by atoms with van der Waals surface area (Å²) >= 11 is 0. The molecular formula is C23H22O7. The molecule has 5 aliphatic rings. The van der Waals surface area contributed by atoms with Crippen molar-refractivity contribution in [2.45, 2.75) is 70.1 Å². The van der Waals surface area contributed by atoms with Gasteiger partial charge in [-0.25, -0.2) is 0 Å². The van der Waals surface area contributed by atoms with Crippen molar-refractivity contribution >= 4 is 17.5 Å². The third-order valence-electron chi connectivity index (χ3n) is 7.51. The van der Waals surface area contributed by atoms with Crippen LogP contribution in [-0.4, -0.2) is 53.2 Å². The third kappa shape index (κ3) is 2.09. The van der Waals surface area contributed by atoms with Gasteiger partial charge in [0.25, 0.3) is 0 Å². The first-order chi connectivity index (χ1) is 14.3. The minimum absolute atomic E-state index is 0.0254. The number of fused-ring (bicyclic) bond motifs is 7. The molecule has 1 aromatic rings. The number of phenols is 1. The first-order valence-electron chi connectivity index (χ1n) is 10.5. The lowest BCUT2D eigenvalue weighted by Crippen LogP contribution is -2.44. The van der Waals surface area contributed by atoms with Gasteiger partial charge in [-0.2, -0.15) is 0 Å². The highest BCUT2D eigenvalue weighted by Crippen LogP contribution is 2.53. The first-order valence-corrected chi connectivity index (χ1v) is 10.5. The molecule has 1 aromatic carbocycles. The Kier molecular flexibility index (Phi) is 3.53. The van der Waals surface area contributed by atoms with E-state index in [1.54, 1.807) is 13.0 Å². The monoisotopic (exact) mass is 410 g/mol. The van der Waals surface area contributed by atoms with E-state index in [0.29, 0.717) is 6.42 Å². The predicted molar refractivity (Wildman–Crippen MR) is 103 cm³/mol. The molecule has 6 rings (SSSR count). The molecule has 0 aromatic heterocycles. The Hall–Kier alpha value is -2.51. The van der Waals surface area contributed by atoms with Crippen LogP contribution in [0, 0.1) is 5.92 Å². The van der Waals surface area contributed by atoms with Gasteiger partial charge < -0.3 is 19.3 Å². The molecule has 156 valence electrons. The van der Waals surface area contributed by atoms with Crippen LogP contribution in [0.4, 0.5) is 0 Å². The number of ether oxygens (including phenoxy) is 3. The summed E-state index contributed by atoms with van der Waals surface area (Å²) < 4.78 is 17.3. The van der Waals surface area contributed by atoms with Gasteiger partial charge >= 0.3 is 5.97 Å². The zero-order valence-electron chi connectivity index (χ0n) is 16.9. The van der Waals surface area contributed by atoms with E-state index in [4.69, 9.17) is 14.2 Å². The number of carbonyl (C=O) groups excluding carboxylic acids is 3. The van der Waals surface area contributed by atoms with Crippen LogP contribution < -0.4 is 0 Å². The van der Waals surface area contributed by atoms with E-state index in [0.717, 1.165) is 11.1 Å². The number of esters is 1. The average molecular weight is 410 g/mol. The fourth-order valence-electron chi connectivity index (χ4n) is 6.22. The maximum atomic E-state index is 13.5. The molecular weight excluding hydrogens is 388 g/mol. The molecule has 0 spiro atoms. The second-order valence-corrected chi connectivity index (χ2v) is 9.11. The Balaban J connectivity index is 1.56. The van der Waals surface area contributed by atoms with E-state index >= 15 is 0 Å². The molecule has 7 atom stereocenters. The molecule has 3 unspecified atom stereocenters. The van der Waals surface area contributed by atoms with E-state index < -0.39 is 30.1 Å². The second kappa shape index (κ2) is 5.80. The molecule has 2 bridgehead atoms. The highest BCUT2D eigenvalue weighted by molar-refractivity contribution is 6.29. The number of rotatable bonds is 0. The normalized spacial score (nSPS) is 38.8. The Labute approximate surface area is 173 Å². The fourth-order valence-corrected chi connectivity index (χ4v) is 6.22. The maximum absolute atomic E-state index is 13.5. The van der Waals surface area contributed by atoms with Crippen LogP contribution in [0.1, 0.15) is 65.0 Å². The van der Waals surface area contributed by atoms with Crippen LogP contribution in [0.2, 0.25) is 0 Å². The number of phenolic OH excluding ortho intramolecular Hbond substituents is 1. The lowest BCUT2D eigenvalue weighted by Gasteiger charge is -2.36. The predicted octanol–water partition coefficient (Wildman–Crippen LogP) is 2.23. The minimum Gasteiger partial charge on any atom is -0.507 e. The third-order valence-corrected chi connectivity index (χ3v) is 7.51. The summed E-state index contributed by atoms with van der Waals surface area (Å²) in [6.45, 7) is 5.77. The van der Waals surface area contributed by atoms with E-state index in [1.165, 1.54) is 0 Å². The molecule has 2 fully saturated rings. The van der Waals surface area contributed by atoms with Crippen molar-refractivity contribution in [2.24, 2.45) is 5.92 Å². The van der Waals surface area contributed by atoms with Gasteiger partial charge in [-0.05, 0) is 37.8 Å². The molecule has 0 saturated carbocycles. The van der Waals surface area contributed by atoms with Crippen molar-refractivity contribution in [3.8, 4) is 5.75 Å². The average Bonchev–Trinajstić information content (AvgIpc) is 3.12. The summed E-state index contributed by atoms with van der Waals surface area (Å²) in [5, 5.41) is 11.3. The Morgan fingerprint density at radius 3 is 2.50 bits per heavy atom. The van der Waals surface area contributed by atoms with Crippen molar-refractivity contribution < 1.29 is 33.7 Å². The molecule has 0 radical (unpaired) electrons. The van der Waals surface area contributed by atoms with Crippen LogP contribution in [0.15, 0.2) is 17.2 Å². The van der Waals surface area contributed by atoms with Crippen molar-refractivity contribution in [3.63, 3.8) is 0 Å². The molecule has 3 aliphatic heterocycles. The zero-order valence-corrected chi connectivity index (χ0v) is 16.9. The number of hydrogen-bond acceptors (Lipinski definition) is 7. The number of aromatic hydroxyl groups is 1. The van der Waals surface area contributed by atoms with Gasteiger partial charge in [0.05, 0.1) is 35.9 Å². The quantitative estimate of drug-likeness (QED) is 0.655. The highest BCUT2D eigenvalue weighted by Gasteiger charge is 2.53. The van der Waals surface area contributed by atoms with Gasteiger partial charge in [0.15, 0.2) is 17.7 Å². The lowest BCUT2D eigenvalue weighted by molar-refractivity contribution is -0.140. The van der Waals surface area contributed by atoms with Crippen LogP contribution in [0.5, 0.6) is 5.75 Å². The van der Waals surface area contributed by atoms with Gasteiger partial charge in [-0.15, -0.1) is 0 Å². The van der Waals surface area contributed by atoms with Gasteiger partial charge in [0.2, 0.25) is 0 Å². The molecule has 30 heavy (non-hydrogen) atoms. The number of ketones is 2. The van der Waals surface area contributed by atoms with Crippen LogP contribution in [0.25, 0.3) is 0 Å². The summed E-state index contributed by atoms with van der Waals surface area (Å²) in [7, 11) is 0. The number of carbonyl (C=O) groups is 3. The van der Waals surface area contributed by atoms with Crippen LogP contribution >= 0.6 is 0 Å². The van der Waals surface area contributed by atoms with E-state index in [9.17, 15) is 19.5 Å². The van der Waals surface area contributed by atoms with E-state index in [2.05, 4.69) is 6.92 Å². The number of hydrogen-bond donors (Lipinski definition) is 1. The van der Waals surface area contributed by atoms with Crippen LogP contribution in [-0.2, 0) is 25.4 Å². The van der Waals surface area contributed by atoms with Gasteiger partial charge in [0.1, 0.15) is 11.9 Å². The van der Waals surface area contributed by atoms with Crippen LogP contribution in [0.3, 0.4) is 0 Å². The molecule has 2 saturated heterocycles. The summed E-state index contributed by atoms with van der Waals surface area (Å²) in [6.07, 6.45) is -1.49. The van der Waals surface area contributed by atoms with Gasteiger partial charge in [-0.3, -0.25) is 14.4 Å². The molecule has 0 amide bonds. The molecule has 2 aliphatic carbocycles. The van der Waals surface area contributed by atoms with Crippen molar-refractivity contribution in [2.75, 3.05) is 0 Å². The summed E-state index contributed by atoms with van der Waals surface area (Å²) in [6, 6.07) is 1.74. The molecule has 7 heteroatoms. The Morgan fingerprint density at radius 1 is 0.967 bits per heavy atom. The smallest absolute Gasteiger partial charge is 0.309 e. The summed E-state index contributed by atoms with van der Waals surface area (Å²) in [5.41, 5.74) is 2.21. The topological polar surface area (TPSA) is 99.1 Å². The van der Waals surface area contributed by atoms with Crippen molar-refractivity contribution in [1.29, 1.82) is 0 Å². The molecule has 1 N–H and O–H groups in total. The standard InChI is InChI=1S/C23H22O7/c1-7-12-5-10-4-11-18(22(27)17(10)15(7)8(2)28-12)21(26)16-9(3)29-13-6-14(24)30-23(13)19(16)20(11)25/h4,7-9,12-13,15,23,27H,5-6H2,1-3H3/t7-,8-,9+,12?,13+,15?,23?/m1/s1. The minimum atomic E-state index is -0.869.